The average Bonchev–Trinajstić information content (AvgIpc) is 2.74. The number of hydrazone groups is 2. The Balaban J connectivity index is 1.65. The van der Waals surface area contributed by atoms with E-state index in [0.29, 0.717) is 11.1 Å². The molecular weight excluding hydrogens is 408 g/mol. The highest BCUT2D eigenvalue weighted by molar-refractivity contribution is 5.84. The molecule has 2 aromatic carbocycles. The van der Waals surface area contributed by atoms with Gasteiger partial charge in [0, 0.05) is 37.1 Å². The predicted octanol–water partition coefficient (Wildman–Crippen LogP) is 2.27. The first-order chi connectivity index (χ1) is 14.8. The zero-order chi connectivity index (χ0) is 22.6. The number of benzene rings is 2. The van der Waals surface area contributed by atoms with Crippen LogP contribution in [0.2, 0.25) is 0 Å². The molecule has 2 amide bonds. The van der Waals surface area contributed by atoms with Crippen LogP contribution in [0.15, 0.2) is 58.7 Å². The molecule has 0 heterocycles. The second-order valence-electron chi connectivity index (χ2n) is 6.14. The van der Waals surface area contributed by atoms with Crippen molar-refractivity contribution in [1.29, 1.82) is 0 Å². The van der Waals surface area contributed by atoms with Crippen LogP contribution in [0, 0.1) is 20.2 Å². The van der Waals surface area contributed by atoms with E-state index < -0.39 is 9.85 Å². The largest absolute Gasteiger partial charge is 0.273 e. The van der Waals surface area contributed by atoms with Gasteiger partial charge < -0.3 is 0 Å². The van der Waals surface area contributed by atoms with Crippen molar-refractivity contribution >= 4 is 35.6 Å². The van der Waals surface area contributed by atoms with Gasteiger partial charge in [-0.25, -0.2) is 10.9 Å². The number of hydrogen-bond donors (Lipinski definition) is 2. The lowest BCUT2D eigenvalue weighted by molar-refractivity contribution is -0.385. The highest BCUT2D eigenvalue weighted by Gasteiger charge is 2.05. The number of amides is 2. The Morgan fingerprint density at radius 1 is 0.742 bits per heavy atom. The zero-order valence-corrected chi connectivity index (χ0v) is 16.1. The van der Waals surface area contributed by atoms with Gasteiger partial charge in [0.2, 0.25) is 11.8 Å². The van der Waals surface area contributed by atoms with Gasteiger partial charge in [0.15, 0.2) is 0 Å². The van der Waals surface area contributed by atoms with Crippen molar-refractivity contribution in [2.24, 2.45) is 10.2 Å². The third-order valence-electron chi connectivity index (χ3n) is 3.82. The lowest BCUT2D eigenvalue weighted by atomic mass is 10.2. The number of nitrogens with one attached hydrogen (secondary N) is 2. The van der Waals surface area contributed by atoms with Gasteiger partial charge in [0.1, 0.15) is 0 Å². The summed E-state index contributed by atoms with van der Waals surface area (Å²) in [5, 5.41) is 28.7. The average molecular weight is 426 g/mol. The Kier molecular flexibility index (Phi) is 8.46. The summed E-state index contributed by atoms with van der Waals surface area (Å²) >= 11 is 0. The molecule has 12 nitrogen and oxygen atoms in total. The number of non-ortho nitro benzene ring substituents is 2. The fourth-order valence-electron chi connectivity index (χ4n) is 2.24. The molecule has 0 aliphatic heterocycles. The van der Waals surface area contributed by atoms with Gasteiger partial charge in [-0.05, 0) is 41.8 Å². The Morgan fingerprint density at radius 3 is 1.42 bits per heavy atom. The molecule has 2 aromatic rings. The van der Waals surface area contributed by atoms with Crippen molar-refractivity contribution in [3.05, 3.63) is 79.9 Å². The van der Waals surface area contributed by atoms with Crippen LogP contribution in [0.25, 0.3) is 0 Å². The van der Waals surface area contributed by atoms with Gasteiger partial charge in [-0.15, -0.1) is 0 Å². The van der Waals surface area contributed by atoms with Gasteiger partial charge in [0.25, 0.3) is 11.4 Å². The maximum Gasteiger partial charge on any atom is 0.269 e. The summed E-state index contributed by atoms with van der Waals surface area (Å²) in [6, 6.07) is 11.3. The van der Waals surface area contributed by atoms with E-state index in [-0.39, 0.29) is 42.5 Å². The number of hydrogen-bond acceptors (Lipinski definition) is 8. The van der Waals surface area contributed by atoms with Crippen molar-refractivity contribution in [1.82, 2.24) is 10.9 Å². The summed E-state index contributed by atoms with van der Waals surface area (Å²) in [4.78, 5) is 43.5. The van der Waals surface area contributed by atoms with E-state index >= 15 is 0 Å². The minimum Gasteiger partial charge on any atom is -0.273 e. The Hall–Kier alpha value is -4.48. The molecule has 0 aliphatic rings. The van der Waals surface area contributed by atoms with Crippen LogP contribution in [-0.4, -0.2) is 34.1 Å². The lowest BCUT2D eigenvalue weighted by Crippen LogP contribution is -2.20. The van der Waals surface area contributed by atoms with Crippen molar-refractivity contribution < 1.29 is 19.4 Å². The standard InChI is InChI=1S/C19H18N6O6/c26-18(22-20-12-14-4-8-16(9-5-14)24(28)29)2-1-3-19(27)23-21-13-15-6-10-17(11-7-15)25(30)31/h4-13H,1-3H2,(H,22,26)(H,23,27)/b20-12+,21-13?. The lowest BCUT2D eigenvalue weighted by Gasteiger charge is -2.00. The molecule has 0 spiro atoms. The van der Waals surface area contributed by atoms with E-state index in [1.165, 1.54) is 61.0 Å². The first-order valence-corrected chi connectivity index (χ1v) is 8.98. The Labute approximate surface area is 176 Å². The topological polar surface area (TPSA) is 169 Å². The van der Waals surface area contributed by atoms with E-state index in [0.717, 1.165) is 0 Å². The second-order valence-corrected chi connectivity index (χ2v) is 6.14. The second kappa shape index (κ2) is 11.5. The maximum atomic E-state index is 11.7. The van der Waals surface area contributed by atoms with Gasteiger partial charge in [-0.1, -0.05) is 0 Å². The molecule has 0 aliphatic carbocycles. The van der Waals surface area contributed by atoms with E-state index in [1.807, 2.05) is 0 Å². The third kappa shape index (κ3) is 8.19. The fourth-order valence-corrected chi connectivity index (χ4v) is 2.24. The van der Waals surface area contributed by atoms with Crippen LogP contribution in [0.5, 0.6) is 0 Å². The monoisotopic (exact) mass is 426 g/mol. The molecule has 0 radical (unpaired) electrons. The normalized spacial score (nSPS) is 10.8. The van der Waals surface area contributed by atoms with Crippen LogP contribution in [-0.2, 0) is 9.59 Å². The number of nitro benzene ring substituents is 2. The van der Waals surface area contributed by atoms with Gasteiger partial charge in [0.05, 0.1) is 22.3 Å². The Bertz CT molecular complexity index is 920. The molecule has 12 heteroatoms. The molecule has 0 atom stereocenters. The Morgan fingerprint density at radius 2 is 1.10 bits per heavy atom. The van der Waals surface area contributed by atoms with Crippen LogP contribution in [0.3, 0.4) is 0 Å². The first kappa shape index (κ1) is 22.8. The van der Waals surface area contributed by atoms with E-state index in [2.05, 4.69) is 21.1 Å². The SMILES string of the molecule is O=C(CCCC(=O)N/N=C/c1ccc([N+](=O)[O-])cc1)NN=Cc1ccc([N+](=O)[O-])cc1. The minimum atomic E-state index is -0.514. The third-order valence-corrected chi connectivity index (χ3v) is 3.82. The molecule has 0 saturated carbocycles. The molecule has 2 N–H and O–H groups in total. The summed E-state index contributed by atoms with van der Waals surface area (Å²) in [6.07, 6.45) is 3.11. The highest BCUT2D eigenvalue weighted by Crippen LogP contribution is 2.11. The predicted molar refractivity (Wildman–Crippen MR) is 112 cm³/mol. The fraction of sp³-hybridized carbons (Fsp3) is 0.158. The number of nitro groups is 2. The van der Waals surface area contributed by atoms with Crippen molar-refractivity contribution in [3.8, 4) is 0 Å². The summed E-state index contributed by atoms with van der Waals surface area (Å²) in [6.45, 7) is 0. The molecule has 0 unspecified atom stereocenters. The van der Waals surface area contributed by atoms with Gasteiger partial charge >= 0.3 is 0 Å². The highest BCUT2D eigenvalue weighted by atomic mass is 16.6. The molecule has 0 aromatic heterocycles. The molecule has 160 valence electrons. The molecule has 31 heavy (non-hydrogen) atoms. The van der Waals surface area contributed by atoms with Crippen LogP contribution in [0.1, 0.15) is 30.4 Å². The number of rotatable bonds is 10. The van der Waals surface area contributed by atoms with Gasteiger partial charge in [-0.3, -0.25) is 29.8 Å². The number of carbonyl (C=O) groups is 2. The quantitative estimate of drug-likeness (QED) is 0.335. The number of nitrogens with zero attached hydrogens (tertiary/aromatic N) is 4. The zero-order valence-electron chi connectivity index (χ0n) is 16.1. The smallest absolute Gasteiger partial charge is 0.269 e. The van der Waals surface area contributed by atoms with Crippen molar-refractivity contribution in [2.75, 3.05) is 0 Å². The molecule has 2 rings (SSSR count). The van der Waals surface area contributed by atoms with E-state index in [9.17, 15) is 29.8 Å². The molecule has 0 bridgehead atoms. The summed E-state index contributed by atoms with van der Waals surface area (Å²) in [7, 11) is 0. The van der Waals surface area contributed by atoms with Crippen LogP contribution < -0.4 is 10.9 Å². The summed E-state index contributed by atoms with van der Waals surface area (Å²) in [5.41, 5.74) is 5.68. The molecular formula is C19H18N6O6. The van der Waals surface area contributed by atoms with E-state index in [1.54, 1.807) is 0 Å². The number of carbonyl (C=O) groups excluding carboxylic acids is 2. The van der Waals surface area contributed by atoms with E-state index in [4.69, 9.17) is 0 Å². The van der Waals surface area contributed by atoms with Crippen LogP contribution in [0.4, 0.5) is 11.4 Å². The first-order valence-electron chi connectivity index (χ1n) is 8.98. The summed E-state index contributed by atoms with van der Waals surface area (Å²) < 4.78 is 0. The summed E-state index contributed by atoms with van der Waals surface area (Å²) in [5.74, 6) is -0.777. The van der Waals surface area contributed by atoms with Crippen molar-refractivity contribution in [3.63, 3.8) is 0 Å². The van der Waals surface area contributed by atoms with Crippen molar-refractivity contribution in [2.45, 2.75) is 19.3 Å². The molecule has 0 saturated heterocycles. The van der Waals surface area contributed by atoms with Crippen LogP contribution >= 0.6 is 0 Å². The van der Waals surface area contributed by atoms with Gasteiger partial charge in [-0.2, -0.15) is 10.2 Å². The minimum absolute atomic E-state index is 0.0449. The molecule has 0 fully saturated rings. The maximum absolute atomic E-state index is 11.7.